The molecule has 0 radical (unpaired) electrons. The molecule has 17 heavy (non-hydrogen) atoms. The zero-order chi connectivity index (χ0) is 12.1. The summed E-state index contributed by atoms with van der Waals surface area (Å²) < 4.78 is 0. The zero-order valence-electron chi connectivity index (χ0n) is 9.31. The second-order valence-electron chi connectivity index (χ2n) is 3.60. The number of fused-ring (bicyclic) bond motifs is 1. The number of rotatable bonds is 4. The van der Waals surface area contributed by atoms with Gasteiger partial charge in [0.2, 0.25) is 0 Å². The molecular weight excluding hydrogens is 216 g/mol. The number of hydrogen-bond acceptors (Lipinski definition) is 3. The Bertz CT molecular complexity index is 521. The first-order valence-electron chi connectivity index (χ1n) is 5.38. The molecule has 1 aromatic heterocycles. The number of nitrogens with two attached hydrogens (primary N) is 1. The van der Waals surface area contributed by atoms with E-state index in [1.54, 1.807) is 6.20 Å². The second-order valence-corrected chi connectivity index (χ2v) is 3.60. The van der Waals surface area contributed by atoms with Crippen molar-refractivity contribution < 1.29 is 4.79 Å². The van der Waals surface area contributed by atoms with Crippen LogP contribution in [0.2, 0.25) is 0 Å². The number of nitrogens with zero attached hydrogens (tertiary/aromatic N) is 1. The predicted molar refractivity (Wildman–Crippen MR) is 67.8 cm³/mol. The molecule has 5 heteroatoms. The predicted octanol–water partition coefficient (Wildman–Crippen LogP) is 1.31. The highest BCUT2D eigenvalue weighted by Crippen LogP contribution is 2.19. The van der Waals surface area contributed by atoms with Crippen LogP contribution in [0.1, 0.15) is 0 Å². The molecule has 0 unspecified atom stereocenters. The third-order valence-electron chi connectivity index (χ3n) is 2.39. The minimum Gasteiger partial charge on any atom is -0.368 e. The first-order valence-corrected chi connectivity index (χ1v) is 5.38. The van der Waals surface area contributed by atoms with Gasteiger partial charge in [-0.2, -0.15) is 0 Å². The molecule has 5 nitrogen and oxygen atoms in total. The van der Waals surface area contributed by atoms with Gasteiger partial charge in [0.1, 0.15) is 5.82 Å². The molecule has 0 aliphatic heterocycles. The molecule has 0 fully saturated rings. The van der Waals surface area contributed by atoms with Crippen LogP contribution in [0, 0.1) is 0 Å². The number of aromatic nitrogens is 1. The summed E-state index contributed by atoms with van der Waals surface area (Å²) >= 11 is 0. The number of hydrogen-bond donors (Lipinski definition) is 3. The van der Waals surface area contributed by atoms with Crippen LogP contribution in [0.4, 0.5) is 10.6 Å². The second kappa shape index (κ2) is 5.16. The van der Waals surface area contributed by atoms with Gasteiger partial charge in [0.25, 0.3) is 0 Å². The minimum atomic E-state index is -0.516. The molecule has 4 N–H and O–H groups in total. The number of benzene rings is 1. The fourth-order valence-electron chi connectivity index (χ4n) is 1.63. The van der Waals surface area contributed by atoms with Crippen molar-refractivity contribution in [2.75, 3.05) is 18.4 Å². The topological polar surface area (TPSA) is 80.0 Å². The van der Waals surface area contributed by atoms with Gasteiger partial charge < -0.3 is 16.4 Å². The van der Waals surface area contributed by atoms with E-state index in [1.165, 1.54) is 0 Å². The molecule has 0 atom stereocenters. The number of carbonyl (C=O) groups excluding carboxylic acids is 1. The van der Waals surface area contributed by atoms with Gasteiger partial charge in [0.05, 0.1) is 0 Å². The Labute approximate surface area is 99.0 Å². The molecule has 0 saturated heterocycles. The highest BCUT2D eigenvalue weighted by Gasteiger charge is 2.00. The van der Waals surface area contributed by atoms with Gasteiger partial charge in [0, 0.05) is 24.7 Å². The molecule has 0 aliphatic carbocycles. The van der Waals surface area contributed by atoms with E-state index in [9.17, 15) is 4.79 Å². The van der Waals surface area contributed by atoms with Gasteiger partial charge in [-0.05, 0) is 11.5 Å². The highest BCUT2D eigenvalue weighted by atomic mass is 16.2. The van der Waals surface area contributed by atoms with Gasteiger partial charge in [0.15, 0.2) is 0 Å². The lowest BCUT2D eigenvalue weighted by Crippen LogP contribution is -2.33. The third-order valence-corrected chi connectivity index (χ3v) is 2.39. The average Bonchev–Trinajstić information content (AvgIpc) is 2.34. The normalized spacial score (nSPS) is 10.1. The van der Waals surface area contributed by atoms with E-state index >= 15 is 0 Å². The fourth-order valence-corrected chi connectivity index (χ4v) is 1.63. The van der Waals surface area contributed by atoms with Gasteiger partial charge >= 0.3 is 6.03 Å². The Morgan fingerprint density at radius 2 is 2.06 bits per heavy atom. The Morgan fingerprint density at radius 1 is 1.24 bits per heavy atom. The van der Waals surface area contributed by atoms with Crippen LogP contribution in [0.3, 0.4) is 0 Å². The van der Waals surface area contributed by atoms with Crippen molar-refractivity contribution in [1.29, 1.82) is 0 Å². The summed E-state index contributed by atoms with van der Waals surface area (Å²) in [7, 11) is 0. The molecule has 0 aliphatic rings. The van der Waals surface area contributed by atoms with Crippen molar-refractivity contribution in [2.24, 2.45) is 5.73 Å². The third kappa shape index (κ3) is 2.84. The summed E-state index contributed by atoms with van der Waals surface area (Å²) in [6.45, 7) is 1.06. The summed E-state index contributed by atoms with van der Waals surface area (Å²) in [5.74, 6) is 0.814. The van der Waals surface area contributed by atoms with Crippen molar-refractivity contribution in [1.82, 2.24) is 10.3 Å². The summed E-state index contributed by atoms with van der Waals surface area (Å²) in [5, 5.41) is 7.87. The quantitative estimate of drug-likeness (QED) is 0.693. The Kier molecular flexibility index (Phi) is 3.40. The van der Waals surface area contributed by atoms with Gasteiger partial charge in [-0.25, -0.2) is 9.78 Å². The molecule has 1 aromatic carbocycles. The Balaban J connectivity index is 2.05. The number of urea groups is 1. The monoisotopic (exact) mass is 230 g/mol. The molecular formula is C12H14N4O. The number of primary amides is 1. The molecule has 0 bridgehead atoms. The maximum absolute atomic E-state index is 10.5. The first-order chi connectivity index (χ1) is 8.27. The maximum atomic E-state index is 10.5. The van der Waals surface area contributed by atoms with E-state index < -0.39 is 6.03 Å². The van der Waals surface area contributed by atoms with Crippen LogP contribution in [0.25, 0.3) is 10.8 Å². The summed E-state index contributed by atoms with van der Waals surface area (Å²) in [4.78, 5) is 14.8. The molecule has 2 rings (SSSR count). The maximum Gasteiger partial charge on any atom is 0.312 e. The van der Waals surface area contributed by atoms with Crippen LogP contribution >= 0.6 is 0 Å². The summed E-state index contributed by atoms with van der Waals surface area (Å²) in [6, 6.07) is 9.44. The average molecular weight is 230 g/mol. The van der Waals surface area contributed by atoms with E-state index in [1.807, 2.05) is 30.3 Å². The van der Waals surface area contributed by atoms with E-state index in [0.29, 0.717) is 13.1 Å². The van der Waals surface area contributed by atoms with E-state index in [0.717, 1.165) is 16.6 Å². The molecule has 2 amide bonds. The number of carbonyl (C=O) groups is 1. The van der Waals surface area contributed by atoms with Crippen molar-refractivity contribution in [3.05, 3.63) is 36.5 Å². The lowest BCUT2D eigenvalue weighted by atomic mass is 10.1. The lowest BCUT2D eigenvalue weighted by molar-refractivity contribution is 0.249. The minimum absolute atomic E-state index is 0.472. The molecule has 2 aromatic rings. The highest BCUT2D eigenvalue weighted by molar-refractivity contribution is 5.91. The van der Waals surface area contributed by atoms with Gasteiger partial charge in [-0.15, -0.1) is 0 Å². The van der Waals surface area contributed by atoms with E-state index in [2.05, 4.69) is 15.6 Å². The standard InChI is InChI=1S/C12H14N4O/c13-12(17)16-8-7-15-11-10-4-2-1-3-9(10)5-6-14-11/h1-6H,7-8H2,(H,14,15)(H3,13,16,17). The SMILES string of the molecule is NC(=O)NCCNc1nccc2ccccc12. The number of pyridine rings is 1. The van der Waals surface area contributed by atoms with Crippen LogP contribution in [-0.2, 0) is 0 Å². The van der Waals surface area contributed by atoms with E-state index in [4.69, 9.17) is 5.73 Å². The van der Waals surface area contributed by atoms with E-state index in [-0.39, 0.29) is 0 Å². The van der Waals surface area contributed by atoms with Crippen molar-refractivity contribution in [2.45, 2.75) is 0 Å². The van der Waals surface area contributed by atoms with Crippen molar-refractivity contribution in [3.8, 4) is 0 Å². The molecule has 1 heterocycles. The van der Waals surface area contributed by atoms with Crippen LogP contribution in [0.5, 0.6) is 0 Å². The number of anilines is 1. The molecule has 88 valence electrons. The Hall–Kier alpha value is -2.30. The largest absolute Gasteiger partial charge is 0.368 e. The molecule has 0 spiro atoms. The Morgan fingerprint density at radius 3 is 2.88 bits per heavy atom. The van der Waals surface area contributed by atoms with Crippen molar-refractivity contribution >= 4 is 22.6 Å². The van der Waals surface area contributed by atoms with Gasteiger partial charge in [-0.3, -0.25) is 0 Å². The first kappa shape index (κ1) is 11.2. The zero-order valence-corrected chi connectivity index (χ0v) is 9.31. The van der Waals surface area contributed by atoms with Crippen molar-refractivity contribution in [3.63, 3.8) is 0 Å². The number of amides is 2. The smallest absolute Gasteiger partial charge is 0.312 e. The fraction of sp³-hybridized carbons (Fsp3) is 0.167. The van der Waals surface area contributed by atoms with Gasteiger partial charge in [-0.1, -0.05) is 24.3 Å². The van der Waals surface area contributed by atoms with Crippen LogP contribution < -0.4 is 16.4 Å². The summed E-state index contributed by atoms with van der Waals surface area (Å²) in [5.41, 5.74) is 4.97. The van der Waals surface area contributed by atoms with Crippen LogP contribution in [0.15, 0.2) is 36.5 Å². The summed E-state index contributed by atoms with van der Waals surface area (Å²) in [6.07, 6.45) is 1.76. The number of nitrogens with one attached hydrogen (secondary N) is 2. The van der Waals surface area contributed by atoms with Crippen LogP contribution in [-0.4, -0.2) is 24.1 Å². The molecule has 0 saturated carbocycles. The lowest BCUT2D eigenvalue weighted by Gasteiger charge is -2.08.